The minimum Gasteiger partial charge on any atom is -0.325 e. The van der Waals surface area contributed by atoms with Gasteiger partial charge in [0.1, 0.15) is 0 Å². The molecule has 1 amide bonds. The molecule has 2 atom stereocenters. The van der Waals surface area contributed by atoms with Crippen LogP contribution in [-0.2, 0) is 15.6 Å². The molecule has 148 valence electrons. The van der Waals surface area contributed by atoms with Gasteiger partial charge >= 0.3 is 0 Å². The van der Waals surface area contributed by atoms with Gasteiger partial charge in [-0.3, -0.25) is 4.79 Å². The highest BCUT2D eigenvalue weighted by Gasteiger charge is 2.73. The van der Waals surface area contributed by atoms with Crippen LogP contribution in [0.1, 0.15) is 50.6 Å². The summed E-state index contributed by atoms with van der Waals surface area (Å²) < 4.78 is 0. The summed E-state index contributed by atoms with van der Waals surface area (Å²) in [5.41, 5.74) is 4.06. The fourth-order valence-corrected chi connectivity index (χ4v) is 5.68. The van der Waals surface area contributed by atoms with Crippen LogP contribution in [0.5, 0.6) is 0 Å². The Kier molecular flexibility index (Phi) is 3.71. The third kappa shape index (κ3) is 2.18. The van der Waals surface area contributed by atoms with E-state index in [1.54, 1.807) is 0 Å². The Hall–Kier alpha value is -2.46. The highest BCUT2D eigenvalue weighted by molar-refractivity contribution is 6.31. The molecule has 0 spiro atoms. The van der Waals surface area contributed by atoms with Crippen molar-refractivity contribution in [3.8, 4) is 0 Å². The Morgan fingerprint density at radius 2 is 1.66 bits per heavy atom. The maximum atomic E-state index is 13.9. The first-order valence-corrected chi connectivity index (χ1v) is 10.4. The number of carbonyl (C=O) groups is 1. The number of halogens is 1. The second-order valence-corrected chi connectivity index (χ2v) is 9.62. The third-order valence-electron chi connectivity index (χ3n) is 7.78. The number of nitrogens with zero attached hydrogens (tertiary/aromatic N) is 2. The summed E-state index contributed by atoms with van der Waals surface area (Å²) >= 11 is 6.19. The Balaban J connectivity index is 1.70. The molecule has 1 heterocycles. The summed E-state index contributed by atoms with van der Waals surface area (Å²) in [6.45, 7) is 8.60. The molecule has 2 bridgehead atoms. The van der Waals surface area contributed by atoms with Crippen molar-refractivity contribution in [1.29, 1.82) is 0 Å². The van der Waals surface area contributed by atoms with Gasteiger partial charge in [-0.2, -0.15) is 0 Å². The van der Waals surface area contributed by atoms with Crippen molar-refractivity contribution in [2.24, 2.45) is 5.41 Å². The van der Waals surface area contributed by atoms with Crippen molar-refractivity contribution in [3.05, 3.63) is 64.4 Å². The van der Waals surface area contributed by atoms with E-state index >= 15 is 0 Å². The zero-order valence-electron chi connectivity index (χ0n) is 17.1. The molecule has 0 aliphatic heterocycles. The fourth-order valence-electron chi connectivity index (χ4n) is 5.51. The van der Waals surface area contributed by atoms with Crippen molar-refractivity contribution < 1.29 is 4.79 Å². The molecule has 1 saturated carbocycles. The molecule has 1 N–H and O–H groups in total. The molecule has 5 rings (SSSR count). The number of amides is 1. The van der Waals surface area contributed by atoms with Crippen molar-refractivity contribution >= 4 is 34.2 Å². The third-order valence-corrected chi connectivity index (χ3v) is 8.01. The lowest BCUT2D eigenvalue weighted by molar-refractivity contribution is -0.125. The van der Waals surface area contributed by atoms with E-state index < -0.39 is 5.41 Å². The predicted octanol–water partition coefficient (Wildman–Crippen LogP) is 5.56. The predicted molar refractivity (Wildman–Crippen MR) is 116 cm³/mol. The van der Waals surface area contributed by atoms with Crippen LogP contribution in [0.2, 0.25) is 5.02 Å². The number of anilines is 1. The van der Waals surface area contributed by atoms with Gasteiger partial charge in [0, 0.05) is 16.1 Å². The van der Waals surface area contributed by atoms with Crippen molar-refractivity contribution in [1.82, 2.24) is 9.97 Å². The number of nitrogens with one attached hydrogen (secondary N) is 1. The molecule has 1 fully saturated rings. The minimum absolute atomic E-state index is 0.0140. The zero-order chi connectivity index (χ0) is 20.6. The minimum atomic E-state index is -0.719. The standard InChI is InChI=1S/C24H24ClN3O/c1-14-9-10-15(25)13-18(14)28-21(29)24-12-11-23(4,22(24,2)3)19-20(24)27-17-8-6-5-7-16(17)26-19/h5-10,13H,11-12H2,1-4H3,(H,28,29). The van der Waals surface area contributed by atoms with Crippen LogP contribution in [0.25, 0.3) is 11.0 Å². The fraction of sp³-hybridized carbons (Fsp3) is 0.375. The van der Waals surface area contributed by atoms with Crippen LogP contribution in [0.4, 0.5) is 5.69 Å². The van der Waals surface area contributed by atoms with Crippen LogP contribution < -0.4 is 5.32 Å². The molecule has 1 aromatic heterocycles. The first-order valence-electron chi connectivity index (χ1n) is 10.1. The second-order valence-electron chi connectivity index (χ2n) is 9.19. The Bertz CT molecular complexity index is 1190. The maximum Gasteiger partial charge on any atom is 0.237 e. The molecular weight excluding hydrogens is 382 g/mol. The van der Waals surface area contributed by atoms with Gasteiger partial charge in [0.2, 0.25) is 5.91 Å². The van der Waals surface area contributed by atoms with Crippen LogP contribution in [0, 0.1) is 12.3 Å². The summed E-state index contributed by atoms with van der Waals surface area (Å²) in [5, 5.41) is 3.79. The summed E-state index contributed by atoms with van der Waals surface area (Å²) in [6.07, 6.45) is 1.68. The normalized spacial score (nSPS) is 26.5. The number of fused-ring (bicyclic) bond motifs is 6. The summed E-state index contributed by atoms with van der Waals surface area (Å²) in [5.74, 6) is -0.0140. The smallest absolute Gasteiger partial charge is 0.237 e. The largest absolute Gasteiger partial charge is 0.325 e. The van der Waals surface area contributed by atoms with Gasteiger partial charge in [0.15, 0.2) is 0 Å². The Morgan fingerprint density at radius 1 is 1.00 bits per heavy atom. The molecular formula is C24H24ClN3O. The van der Waals surface area contributed by atoms with Gasteiger partial charge in [0.25, 0.3) is 0 Å². The lowest BCUT2D eigenvalue weighted by Gasteiger charge is -2.39. The van der Waals surface area contributed by atoms with E-state index in [0.717, 1.165) is 46.5 Å². The SMILES string of the molecule is Cc1ccc(Cl)cc1NC(=O)C12CCC(C)(c3nc4ccccc4nc31)C2(C)C. The highest BCUT2D eigenvalue weighted by Crippen LogP contribution is 2.70. The van der Waals surface area contributed by atoms with E-state index in [1.165, 1.54) is 0 Å². The van der Waals surface area contributed by atoms with Crippen molar-refractivity contribution in [3.63, 3.8) is 0 Å². The number of aryl methyl sites for hydroxylation is 1. The summed E-state index contributed by atoms with van der Waals surface area (Å²) in [6, 6.07) is 13.5. The number of benzene rings is 2. The zero-order valence-corrected chi connectivity index (χ0v) is 17.9. The summed E-state index contributed by atoms with van der Waals surface area (Å²) in [4.78, 5) is 23.9. The molecule has 0 radical (unpaired) electrons. The maximum absolute atomic E-state index is 13.9. The molecule has 2 unspecified atom stereocenters. The number of carbonyl (C=O) groups excluding carboxylic acids is 1. The molecule has 4 nitrogen and oxygen atoms in total. The van der Waals surface area contributed by atoms with Crippen LogP contribution >= 0.6 is 11.6 Å². The number of para-hydroxylation sites is 2. The van der Waals surface area contributed by atoms with Gasteiger partial charge in [-0.25, -0.2) is 9.97 Å². The van der Waals surface area contributed by atoms with Gasteiger partial charge in [-0.1, -0.05) is 50.6 Å². The van der Waals surface area contributed by atoms with E-state index in [4.69, 9.17) is 21.6 Å². The molecule has 2 aliphatic rings. The average Bonchev–Trinajstić information content (AvgIpc) is 2.99. The van der Waals surface area contributed by atoms with E-state index in [2.05, 4.69) is 26.1 Å². The topological polar surface area (TPSA) is 54.9 Å². The Morgan fingerprint density at radius 3 is 2.34 bits per heavy atom. The van der Waals surface area contributed by atoms with Gasteiger partial charge in [-0.15, -0.1) is 0 Å². The molecule has 3 aromatic rings. The molecule has 2 aliphatic carbocycles. The highest BCUT2D eigenvalue weighted by atomic mass is 35.5. The monoisotopic (exact) mass is 405 g/mol. The van der Waals surface area contributed by atoms with Crippen LogP contribution in [-0.4, -0.2) is 15.9 Å². The molecule has 5 heteroatoms. The quantitative estimate of drug-likeness (QED) is 0.607. The molecule has 0 saturated heterocycles. The van der Waals surface area contributed by atoms with Gasteiger partial charge in [-0.05, 0) is 55.0 Å². The van der Waals surface area contributed by atoms with Gasteiger partial charge in [0.05, 0.1) is 27.8 Å². The second kappa shape index (κ2) is 5.79. The molecule has 29 heavy (non-hydrogen) atoms. The first kappa shape index (κ1) is 18.6. The van der Waals surface area contributed by atoms with E-state index in [0.29, 0.717) is 5.02 Å². The van der Waals surface area contributed by atoms with E-state index in [9.17, 15) is 4.79 Å². The van der Waals surface area contributed by atoms with Crippen LogP contribution in [0.3, 0.4) is 0 Å². The average molecular weight is 406 g/mol. The lowest BCUT2D eigenvalue weighted by Crippen LogP contribution is -2.48. The first-order chi connectivity index (χ1) is 13.7. The number of aromatic nitrogens is 2. The van der Waals surface area contributed by atoms with E-state index in [1.807, 2.05) is 49.4 Å². The number of rotatable bonds is 2. The van der Waals surface area contributed by atoms with E-state index in [-0.39, 0.29) is 16.7 Å². The van der Waals surface area contributed by atoms with Crippen molar-refractivity contribution in [2.75, 3.05) is 5.32 Å². The molecule has 2 aromatic carbocycles. The van der Waals surface area contributed by atoms with Crippen LogP contribution in [0.15, 0.2) is 42.5 Å². The van der Waals surface area contributed by atoms with Crippen molar-refractivity contribution in [2.45, 2.75) is 51.4 Å². The Labute approximate surface area is 175 Å². The lowest BCUT2D eigenvalue weighted by atomic mass is 9.63. The number of hydrogen-bond acceptors (Lipinski definition) is 3. The van der Waals surface area contributed by atoms with Gasteiger partial charge < -0.3 is 5.32 Å². The summed E-state index contributed by atoms with van der Waals surface area (Å²) in [7, 11) is 0. The number of hydrogen-bond donors (Lipinski definition) is 1.